The van der Waals surface area contributed by atoms with E-state index in [0.29, 0.717) is 16.4 Å². The normalized spacial score (nSPS) is 9.31. The zero-order chi connectivity index (χ0) is 9.84. The Morgan fingerprint density at radius 2 is 2.23 bits per heavy atom. The second kappa shape index (κ2) is 4.25. The van der Waals surface area contributed by atoms with Gasteiger partial charge in [0.05, 0.1) is 16.4 Å². The smallest absolute Gasteiger partial charge is 0.123 e. The van der Waals surface area contributed by atoms with Gasteiger partial charge in [-0.25, -0.2) is 0 Å². The number of nitrogens with zero attached hydrogens (tertiary/aromatic N) is 1. The zero-order valence-electron chi connectivity index (χ0n) is 7.07. The summed E-state index contributed by atoms with van der Waals surface area (Å²) in [7, 11) is 0. The molecule has 0 atom stereocenters. The highest BCUT2D eigenvalue weighted by Gasteiger charge is 2.04. The average molecular weight is 211 g/mol. The fourth-order valence-electron chi connectivity index (χ4n) is 0.954. The van der Waals surface area contributed by atoms with Gasteiger partial charge >= 0.3 is 0 Å². The van der Waals surface area contributed by atoms with Gasteiger partial charge < -0.3 is 11.1 Å². The lowest BCUT2D eigenvalue weighted by Gasteiger charge is -2.07. The summed E-state index contributed by atoms with van der Waals surface area (Å²) < 4.78 is 3.66. The molecular weight excluding hydrogens is 202 g/mol. The summed E-state index contributed by atoms with van der Waals surface area (Å²) in [4.78, 5) is 0.658. The topological polar surface area (TPSA) is 50.4 Å². The van der Waals surface area contributed by atoms with Crippen molar-refractivity contribution in [1.82, 2.24) is 0 Å². The van der Waals surface area contributed by atoms with Crippen LogP contribution in [0.3, 0.4) is 0 Å². The molecule has 5 heteroatoms. The molecule has 0 amide bonds. The zero-order valence-corrected chi connectivity index (χ0v) is 8.71. The van der Waals surface area contributed by atoms with E-state index in [1.807, 2.05) is 12.1 Å². The standard InChI is InChI=1S/C8H9N3S2/c1-5(12)10-7-4-2-3-6(9)8(7)11-13/h2-4H,9H2,1H3,(H,10,12). The third-order valence-electron chi connectivity index (χ3n) is 1.47. The molecule has 3 N–H and O–H groups in total. The van der Waals surface area contributed by atoms with E-state index in [4.69, 9.17) is 18.0 Å². The maximum Gasteiger partial charge on any atom is 0.123 e. The molecule has 0 saturated heterocycles. The summed E-state index contributed by atoms with van der Waals surface area (Å²) in [5.74, 6) is 0. The quantitative estimate of drug-likeness (QED) is 0.582. The van der Waals surface area contributed by atoms with Crippen LogP contribution in [0.15, 0.2) is 22.6 Å². The van der Waals surface area contributed by atoms with E-state index in [-0.39, 0.29) is 0 Å². The molecule has 0 aliphatic heterocycles. The number of rotatable bonds is 2. The number of nitrogens with one attached hydrogen (secondary N) is 1. The molecule has 1 aromatic rings. The highest BCUT2D eigenvalue weighted by atomic mass is 32.1. The van der Waals surface area contributed by atoms with Gasteiger partial charge in [-0.05, 0) is 19.1 Å². The van der Waals surface area contributed by atoms with Crippen LogP contribution in [0.2, 0.25) is 0 Å². The van der Waals surface area contributed by atoms with Crippen molar-refractivity contribution < 1.29 is 0 Å². The molecule has 0 bridgehead atoms. The predicted molar refractivity (Wildman–Crippen MR) is 62.2 cm³/mol. The first-order chi connectivity index (χ1) is 6.15. The van der Waals surface area contributed by atoms with E-state index in [9.17, 15) is 0 Å². The van der Waals surface area contributed by atoms with Crippen LogP contribution in [0.4, 0.5) is 17.1 Å². The maximum atomic E-state index is 5.66. The summed E-state index contributed by atoms with van der Waals surface area (Å²) in [6.45, 7) is 1.78. The molecule has 1 rings (SSSR count). The van der Waals surface area contributed by atoms with Crippen molar-refractivity contribution in [2.45, 2.75) is 6.92 Å². The first-order valence-electron chi connectivity index (χ1n) is 3.64. The summed E-state index contributed by atoms with van der Waals surface area (Å²) in [6.07, 6.45) is 0. The van der Waals surface area contributed by atoms with Crippen molar-refractivity contribution in [1.29, 1.82) is 0 Å². The molecule has 1 aromatic carbocycles. The number of benzene rings is 1. The molecule has 0 unspecified atom stereocenters. The lowest BCUT2D eigenvalue weighted by Crippen LogP contribution is -2.04. The highest BCUT2D eigenvalue weighted by Crippen LogP contribution is 2.30. The molecular formula is C8H9N3S2. The Hall–Kier alpha value is -1.07. The van der Waals surface area contributed by atoms with Crippen LogP contribution in [-0.2, 0) is 12.4 Å². The van der Waals surface area contributed by atoms with E-state index in [1.54, 1.807) is 13.0 Å². The summed E-state index contributed by atoms with van der Waals surface area (Å²) in [5, 5.41) is 2.96. The van der Waals surface area contributed by atoms with E-state index in [0.717, 1.165) is 5.69 Å². The number of anilines is 2. The van der Waals surface area contributed by atoms with Crippen molar-refractivity contribution in [3.8, 4) is 0 Å². The van der Waals surface area contributed by atoms with Gasteiger partial charge in [-0.3, -0.25) is 0 Å². The van der Waals surface area contributed by atoms with Crippen LogP contribution in [0.1, 0.15) is 6.92 Å². The molecule has 68 valence electrons. The summed E-state index contributed by atoms with van der Waals surface area (Å²) >= 11 is 9.51. The Balaban J connectivity index is 3.12. The van der Waals surface area contributed by atoms with Gasteiger partial charge in [0.2, 0.25) is 0 Å². The van der Waals surface area contributed by atoms with Crippen LogP contribution < -0.4 is 11.1 Å². The summed E-state index contributed by atoms with van der Waals surface area (Å²) in [5.41, 5.74) is 7.54. The molecule has 3 nitrogen and oxygen atoms in total. The molecule has 0 saturated carbocycles. The molecule has 0 aliphatic carbocycles. The highest BCUT2D eigenvalue weighted by molar-refractivity contribution is 7.80. The Morgan fingerprint density at radius 3 is 2.77 bits per heavy atom. The lowest BCUT2D eigenvalue weighted by atomic mass is 10.2. The molecule has 0 fully saturated rings. The number of nitrogens with two attached hydrogens (primary N) is 1. The Bertz CT molecular complexity index is 349. The van der Waals surface area contributed by atoms with Gasteiger partial charge in [0, 0.05) is 12.4 Å². The Labute approximate surface area is 87.5 Å². The van der Waals surface area contributed by atoms with Crippen molar-refractivity contribution in [2.75, 3.05) is 11.1 Å². The second-order valence-corrected chi connectivity index (χ2v) is 3.31. The predicted octanol–water partition coefficient (Wildman–Crippen LogP) is 2.39. The molecule has 0 radical (unpaired) electrons. The first-order valence-corrected chi connectivity index (χ1v) is 4.42. The largest absolute Gasteiger partial charge is 0.397 e. The molecule has 0 aromatic heterocycles. The van der Waals surface area contributed by atoms with Gasteiger partial charge in [0.15, 0.2) is 0 Å². The van der Waals surface area contributed by atoms with Gasteiger partial charge in [0.1, 0.15) is 5.69 Å². The molecule has 0 spiro atoms. The third kappa shape index (κ3) is 2.43. The monoisotopic (exact) mass is 211 g/mol. The van der Waals surface area contributed by atoms with Crippen molar-refractivity contribution >= 4 is 46.7 Å². The SMILES string of the molecule is CC(=S)Nc1cccc(N)c1N=S. The van der Waals surface area contributed by atoms with E-state index >= 15 is 0 Å². The lowest BCUT2D eigenvalue weighted by molar-refractivity contribution is 1.54. The summed E-state index contributed by atoms with van der Waals surface area (Å²) in [6, 6.07) is 5.40. The fraction of sp³-hybridized carbons (Fsp3) is 0.125. The minimum Gasteiger partial charge on any atom is -0.397 e. The van der Waals surface area contributed by atoms with Crippen molar-refractivity contribution in [2.24, 2.45) is 4.36 Å². The number of thiocarbonyl (C=S) groups is 1. The van der Waals surface area contributed by atoms with Crippen molar-refractivity contribution in [3.63, 3.8) is 0 Å². The fourth-order valence-corrected chi connectivity index (χ4v) is 1.27. The molecule has 0 heterocycles. The van der Waals surface area contributed by atoms with Crippen LogP contribution in [0, 0.1) is 0 Å². The molecule has 13 heavy (non-hydrogen) atoms. The van der Waals surface area contributed by atoms with Crippen molar-refractivity contribution in [3.05, 3.63) is 18.2 Å². The Kier molecular flexibility index (Phi) is 3.27. The van der Waals surface area contributed by atoms with E-state index in [2.05, 4.69) is 22.1 Å². The van der Waals surface area contributed by atoms with Crippen LogP contribution in [0.25, 0.3) is 0 Å². The van der Waals surface area contributed by atoms with Crippen LogP contribution in [-0.4, -0.2) is 4.99 Å². The molecule has 0 aliphatic rings. The van der Waals surface area contributed by atoms with E-state index < -0.39 is 0 Å². The third-order valence-corrected chi connectivity index (χ3v) is 1.75. The van der Waals surface area contributed by atoms with E-state index in [1.165, 1.54) is 0 Å². The number of hydrogen-bond acceptors (Lipinski definition) is 4. The minimum atomic E-state index is 0.552. The number of hydrogen-bond donors (Lipinski definition) is 2. The number of nitrogen functional groups attached to an aromatic ring is 1. The Morgan fingerprint density at radius 1 is 1.54 bits per heavy atom. The van der Waals surface area contributed by atoms with Gasteiger partial charge in [-0.1, -0.05) is 18.3 Å². The average Bonchev–Trinajstić information content (AvgIpc) is 2.03. The van der Waals surface area contributed by atoms with Crippen LogP contribution >= 0.6 is 12.2 Å². The first kappa shape index (κ1) is 10.0. The van der Waals surface area contributed by atoms with Gasteiger partial charge in [-0.2, -0.15) is 4.36 Å². The maximum absolute atomic E-state index is 5.66. The second-order valence-electron chi connectivity index (χ2n) is 2.52. The van der Waals surface area contributed by atoms with Gasteiger partial charge in [-0.15, -0.1) is 0 Å². The van der Waals surface area contributed by atoms with Gasteiger partial charge in [0.25, 0.3) is 0 Å². The minimum absolute atomic E-state index is 0.552. The van der Waals surface area contributed by atoms with Crippen LogP contribution in [0.5, 0.6) is 0 Å².